The second-order valence-corrected chi connectivity index (χ2v) is 5.45. The molecule has 1 unspecified atom stereocenters. The van der Waals surface area contributed by atoms with Gasteiger partial charge in [-0.05, 0) is 36.5 Å². The number of hydrogen-bond donors (Lipinski definition) is 2. The molecule has 0 spiro atoms. The normalized spacial score (nSPS) is 11.7. The van der Waals surface area contributed by atoms with Gasteiger partial charge in [0.1, 0.15) is 0 Å². The maximum atomic E-state index is 11.9. The number of hydrogen-bond acceptors (Lipinski definition) is 1. The molecule has 0 aliphatic heterocycles. The van der Waals surface area contributed by atoms with E-state index in [-0.39, 0.29) is 12.1 Å². The van der Waals surface area contributed by atoms with Crippen LogP contribution in [-0.4, -0.2) is 12.6 Å². The second kappa shape index (κ2) is 8.23. The molecule has 0 saturated heterocycles. The zero-order valence-electron chi connectivity index (χ0n) is 13.3. The molecule has 3 nitrogen and oxygen atoms in total. The molecular formula is C19H24N2O. The quantitative estimate of drug-likeness (QED) is 0.835. The zero-order valence-corrected chi connectivity index (χ0v) is 13.3. The maximum Gasteiger partial charge on any atom is 0.315 e. The molecule has 3 heteroatoms. The molecule has 0 aliphatic carbocycles. The number of carbonyl (C=O) groups excluding carboxylic acids is 1. The van der Waals surface area contributed by atoms with Crippen molar-refractivity contribution in [1.82, 2.24) is 10.6 Å². The van der Waals surface area contributed by atoms with Crippen molar-refractivity contribution in [3.8, 4) is 0 Å². The van der Waals surface area contributed by atoms with E-state index in [0.717, 1.165) is 18.4 Å². The first-order valence-corrected chi connectivity index (χ1v) is 7.86. The number of amides is 2. The van der Waals surface area contributed by atoms with Gasteiger partial charge in [-0.25, -0.2) is 4.79 Å². The van der Waals surface area contributed by atoms with Crippen molar-refractivity contribution in [3.05, 3.63) is 71.3 Å². The van der Waals surface area contributed by atoms with Crippen molar-refractivity contribution >= 4 is 6.03 Å². The maximum absolute atomic E-state index is 11.9. The summed E-state index contributed by atoms with van der Waals surface area (Å²) in [6.07, 6.45) is 1.87. The van der Waals surface area contributed by atoms with Crippen LogP contribution in [0.25, 0.3) is 0 Å². The second-order valence-electron chi connectivity index (χ2n) is 5.45. The van der Waals surface area contributed by atoms with Crippen LogP contribution in [0.3, 0.4) is 0 Å². The minimum atomic E-state index is -0.122. The Balaban J connectivity index is 1.76. The average Bonchev–Trinajstić information content (AvgIpc) is 2.56. The van der Waals surface area contributed by atoms with Gasteiger partial charge in [-0.15, -0.1) is 0 Å². The van der Waals surface area contributed by atoms with Crippen molar-refractivity contribution in [2.24, 2.45) is 0 Å². The predicted molar refractivity (Wildman–Crippen MR) is 90.9 cm³/mol. The van der Waals surface area contributed by atoms with Crippen LogP contribution in [0.15, 0.2) is 54.6 Å². The van der Waals surface area contributed by atoms with Crippen LogP contribution in [0, 0.1) is 0 Å². The third-order valence-corrected chi connectivity index (χ3v) is 3.78. The first kappa shape index (κ1) is 16.1. The molecule has 0 bridgehead atoms. The van der Waals surface area contributed by atoms with Crippen molar-refractivity contribution in [3.63, 3.8) is 0 Å². The average molecular weight is 296 g/mol. The third-order valence-electron chi connectivity index (χ3n) is 3.78. The molecule has 0 aromatic heterocycles. The molecule has 0 aliphatic rings. The molecule has 0 heterocycles. The lowest BCUT2D eigenvalue weighted by molar-refractivity contribution is 0.238. The molecule has 2 rings (SSSR count). The molecule has 2 N–H and O–H groups in total. The van der Waals surface area contributed by atoms with Gasteiger partial charge in [-0.1, -0.05) is 61.5 Å². The van der Waals surface area contributed by atoms with Gasteiger partial charge < -0.3 is 10.6 Å². The topological polar surface area (TPSA) is 41.1 Å². The molecule has 0 fully saturated rings. The minimum absolute atomic E-state index is 0.00244. The monoisotopic (exact) mass is 296 g/mol. The lowest BCUT2D eigenvalue weighted by Crippen LogP contribution is -2.38. The fourth-order valence-electron chi connectivity index (χ4n) is 2.34. The van der Waals surface area contributed by atoms with Crippen molar-refractivity contribution in [1.29, 1.82) is 0 Å². The Bertz CT molecular complexity index is 578. The SMILES string of the molecule is CCc1ccc(C(C)NC(=O)NCCc2ccccc2)cc1. The summed E-state index contributed by atoms with van der Waals surface area (Å²) in [4.78, 5) is 11.9. The molecule has 2 aromatic rings. The van der Waals surface area contributed by atoms with Crippen molar-refractivity contribution in [2.45, 2.75) is 32.7 Å². The largest absolute Gasteiger partial charge is 0.338 e. The van der Waals surface area contributed by atoms with Crippen LogP contribution >= 0.6 is 0 Å². The van der Waals surface area contributed by atoms with Gasteiger partial charge in [0.2, 0.25) is 0 Å². The summed E-state index contributed by atoms with van der Waals surface area (Å²) in [6.45, 7) is 4.77. The summed E-state index contributed by atoms with van der Waals surface area (Å²) < 4.78 is 0. The lowest BCUT2D eigenvalue weighted by Gasteiger charge is -2.15. The molecule has 1 atom stereocenters. The molecule has 116 valence electrons. The first-order valence-electron chi connectivity index (χ1n) is 7.86. The summed E-state index contributed by atoms with van der Waals surface area (Å²) in [5.41, 5.74) is 3.66. The highest BCUT2D eigenvalue weighted by Gasteiger charge is 2.08. The van der Waals surface area contributed by atoms with Crippen LogP contribution in [-0.2, 0) is 12.8 Å². The number of carbonyl (C=O) groups is 1. The van der Waals surface area contributed by atoms with Gasteiger partial charge in [0.05, 0.1) is 6.04 Å². The molecule has 2 amide bonds. The van der Waals surface area contributed by atoms with Crippen molar-refractivity contribution in [2.75, 3.05) is 6.54 Å². The Morgan fingerprint density at radius 1 is 1.00 bits per heavy atom. The number of rotatable bonds is 6. The van der Waals surface area contributed by atoms with E-state index < -0.39 is 0 Å². The van der Waals surface area contributed by atoms with E-state index in [9.17, 15) is 4.79 Å². The molecule has 0 radical (unpaired) electrons. The highest BCUT2D eigenvalue weighted by Crippen LogP contribution is 2.13. The van der Waals surface area contributed by atoms with Gasteiger partial charge in [0.25, 0.3) is 0 Å². The fraction of sp³-hybridized carbons (Fsp3) is 0.316. The van der Waals surface area contributed by atoms with Crippen LogP contribution in [0.1, 0.15) is 36.6 Å². The fourth-order valence-corrected chi connectivity index (χ4v) is 2.34. The van der Waals surface area contributed by atoms with E-state index >= 15 is 0 Å². The van der Waals surface area contributed by atoms with Crippen LogP contribution in [0.5, 0.6) is 0 Å². The Labute approximate surface area is 132 Å². The van der Waals surface area contributed by atoms with Crippen LogP contribution in [0.4, 0.5) is 4.79 Å². The Morgan fingerprint density at radius 2 is 1.68 bits per heavy atom. The first-order chi connectivity index (χ1) is 10.7. The summed E-state index contributed by atoms with van der Waals surface area (Å²) in [7, 11) is 0. The summed E-state index contributed by atoms with van der Waals surface area (Å²) >= 11 is 0. The van der Waals surface area contributed by atoms with Gasteiger partial charge in [0.15, 0.2) is 0 Å². The Kier molecular flexibility index (Phi) is 6.01. The predicted octanol–water partition coefficient (Wildman–Crippen LogP) is 3.85. The summed E-state index contributed by atoms with van der Waals surface area (Å²) in [6, 6.07) is 18.4. The van der Waals surface area contributed by atoms with Gasteiger partial charge >= 0.3 is 6.03 Å². The molecule has 22 heavy (non-hydrogen) atoms. The standard InChI is InChI=1S/C19H24N2O/c1-3-16-9-11-18(12-10-16)15(2)21-19(22)20-14-13-17-7-5-4-6-8-17/h4-12,15H,3,13-14H2,1-2H3,(H2,20,21,22). The van der Waals surface area contributed by atoms with Gasteiger partial charge in [-0.3, -0.25) is 0 Å². The number of aryl methyl sites for hydroxylation is 1. The van der Waals surface area contributed by atoms with E-state index in [4.69, 9.17) is 0 Å². The third kappa shape index (κ3) is 4.92. The molecular weight excluding hydrogens is 272 g/mol. The molecule has 0 saturated carbocycles. The Hall–Kier alpha value is -2.29. The smallest absolute Gasteiger partial charge is 0.315 e. The van der Waals surface area contributed by atoms with Crippen LogP contribution < -0.4 is 10.6 Å². The van der Waals surface area contributed by atoms with E-state index in [1.165, 1.54) is 11.1 Å². The molecule has 2 aromatic carbocycles. The number of nitrogens with one attached hydrogen (secondary N) is 2. The van der Waals surface area contributed by atoms with E-state index in [0.29, 0.717) is 6.54 Å². The van der Waals surface area contributed by atoms with E-state index in [1.54, 1.807) is 0 Å². The zero-order chi connectivity index (χ0) is 15.8. The van der Waals surface area contributed by atoms with E-state index in [1.807, 2.05) is 25.1 Å². The number of benzene rings is 2. The van der Waals surface area contributed by atoms with Crippen LogP contribution in [0.2, 0.25) is 0 Å². The number of urea groups is 1. The van der Waals surface area contributed by atoms with Gasteiger partial charge in [0, 0.05) is 6.54 Å². The summed E-state index contributed by atoms with van der Waals surface area (Å²) in [5.74, 6) is 0. The lowest BCUT2D eigenvalue weighted by atomic mass is 10.1. The summed E-state index contributed by atoms with van der Waals surface area (Å²) in [5, 5.41) is 5.87. The minimum Gasteiger partial charge on any atom is -0.338 e. The van der Waals surface area contributed by atoms with Gasteiger partial charge in [-0.2, -0.15) is 0 Å². The Morgan fingerprint density at radius 3 is 2.32 bits per heavy atom. The van der Waals surface area contributed by atoms with E-state index in [2.05, 4.69) is 54.0 Å². The highest BCUT2D eigenvalue weighted by atomic mass is 16.2. The highest BCUT2D eigenvalue weighted by molar-refractivity contribution is 5.74. The van der Waals surface area contributed by atoms with Crippen molar-refractivity contribution < 1.29 is 4.79 Å².